The first-order chi connectivity index (χ1) is 7.34. The molecule has 2 heterocycles. The summed E-state index contributed by atoms with van der Waals surface area (Å²) in [6, 6.07) is 3.79. The molecule has 2 rings (SSSR count). The second-order valence-electron chi connectivity index (χ2n) is 3.40. The predicted molar refractivity (Wildman–Crippen MR) is 58.9 cm³/mol. The average molecular weight is 223 g/mol. The van der Waals surface area contributed by atoms with Gasteiger partial charge >= 0.3 is 0 Å². The molecule has 0 bridgehead atoms. The van der Waals surface area contributed by atoms with Crippen LogP contribution in [0.2, 0.25) is 0 Å². The molecule has 15 heavy (non-hydrogen) atoms. The SMILES string of the molecule is OC(CCc1ccco1)Cc1nccs1. The molecular formula is C11H13NO2S. The number of nitrogens with zero attached hydrogens (tertiary/aromatic N) is 1. The van der Waals surface area contributed by atoms with E-state index < -0.39 is 0 Å². The highest BCUT2D eigenvalue weighted by atomic mass is 32.1. The molecule has 2 aromatic rings. The lowest BCUT2D eigenvalue weighted by atomic mass is 10.1. The molecule has 0 radical (unpaired) electrons. The van der Waals surface area contributed by atoms with Crippen LogP contribution in [0.4, 0.5) is 0 Å². The van der Waals surface area contributed by atoms with E-state index in [-0.39, 0.29) is 6.10 Å². The van der Waals surface area contributed by atoms with Gasteiger partial charge in [0.05, 0.1) is 17.4 Å². The molecule has 1 unspecified atom stereocenters. The van der Waals surface area contributed by atoms with Gasteiger partial charge in [0.2, 0.25) is 0 Å². The standard InChI is InChI=1S/C11H13NO2S/c13-9(8-11-12-5-7-15-11)3-4-10-2-1-6-14-10/h1-2,5-7,9,13H,3-4,8H2. The van der Waals surface area contributed by atoms with Crippen molar-refractivity contribution in [2.24, 2.45) is 0 Å². The third-order valence-electron chi connectivity index (χ3n) is 2.20. The number of furan rings is 1. The van der Waals surface area contributed by atoms with Crippen LogP contribution in [0.15, 0.2) is 34.4 Å². The minimum absolute atomic E-state index is 0.332. The van der Waals surface area contributed by atoms with Gasteiger partial charge in [0.15, 0.2) is 0 Å². The Labute approximate surface area is 92.4 Å². The third-order valence-corrected chi connectivity index (χ3v) is 3.00. The molecule has 2 aromatic heterocycles. The van der Waals surface area contributed by atoms with E-state index in [1.165, 1.54) is 0 Å². The van der Waals surface area contributed by atoms with E-state index in [0.29, 0.717) is 12.8 Å². The fourth-order valence-corrected chi connectivity index (χ4v) is 2.11. The molecule has 0 saturated heterocycles. The van der Waals surface area contributed by atoms with Gasteiger partial charge in [-0.25, -0.2) is 4.98 Å². The van der Waals surface area contributed by atoms with Gasteiger partial charge in [-0.3, -0.25) is 0 Å². The van der Waals surface area contributed by atoms with Gasteiger partial charge in [-0.15, -0.1) is 11.3 Å². The van der Waals surface area contributed by atoms with Crippen molar-refractivity contribution < 1.29 is 9.52 Å². The fourth-order valence-electron chi connectivity index (χ4n) is 1.42. The summed E-state index contributed by atoms with van der Waals surface area (Å²) in [5, 5.41) is 12.7. The van der Waals surface area contributed by atoms with Crippen molar-refractivity contribution in [3.8, 4) is 0 Å². The van der Waals surface area contributed by atoms with Gasteiger partial charge in [-0.05, 0) is 18.6 Å². The number of rotatable bonds is 5. The fraction of sp³-hybridized carbons (Fsp3) is 0.364. The molecule has 4 heteroatoms. The van der Waals surface area contributed by atoms with Crippen molar-refractivity contribution in [3.05, 3.63) is 40.7 Å². The quantitative estimate of drug-likeness (QED) is 0.845. The number of aryl methyl sites for hydroxylation is 1. The lowest BCUT2D eigenvalue weighted by Crippen LogP contribution is -2.11. The Morgan fingerprint density at radius 3 is 3.13 bits per heavy atom. The van der Waals surface area contributed by atoms with Gasteiger partial charge in [-0.2, -0.15) is 0 Å². The van der Waals surface area contributed by atoms with Crippen LogP contribution >= 0.6 is 11.3 Å². The summed E-state index contributed by atoms with van der Waals surface area (Å²) in [7, 11) is 0. The lowest BCUT2D eigenvalue weighted by molar-refractivity contribution is 0.163. The van der Waals surface area contributed by atoms with Crippen LogP contribution in [-0.2, 0) is 12.8 Å². The number of hydrogen-bond donors (Lipinski definition) is 1. The summed E-state index contributed by atoms with van der Waals surface area (Å²) in [6.07, 6.45) is 5.22. The maximum Gasteiger partial charge on any atom is 0.103 e. The Morgan fingerprint density at radius 2 is 2.47 bits per heavy atom. The molecule has 0 amide bonds. The van der Waals surface area contributed by atoms with Crippen molar-refractivity contribution >= 4 is 11.3 Å². The highest BCUT2D eigenvalue weighted by molar-refractivity contribution is 7.09. The Kier molecular flexibility index (Phi) is 3.53. The minimum atomic E-state index is -0.332. The molecule has 0 saturated carbocycles. The zero-order chi connectivity index (χ0) is 10.5. The van der Waals surface area contributed by atoms with Crippen molar-refractivity contribution in [2.45, 2.75) is 25.4 Å². The number of thiazole rings is 1. The molecule has 0 aromatic carbocycles. The molecule has 0 spiro atoms. The summed E-state index contributed by atoms with van der Waals surface area (Å²) in [5.74, 6) is 0.924. The molecule has 80 valence electrons. The van der Waals surface area contributed by atoms with E-state index in [9.17, 15) is 5.11 Å². The molecule has 0 aliphatic heterocycles. The van der Waals surface area contributed by atoms with Crippen LogP contribution < -0.4 is 0 Å². The van der Waals surface area contributed by atoms with E-state index >= 15 is 0 Å². The second kappa shape index (κ2) is 5.09. The summed E-state index contributed by atoms with van der Waals surface area (Å²) < 4.78 is 5.19. The topological polar surface area (TPSA) is 46.3 Å². The first-order valence-electron chi connectivity index (χ1n) is 4.93. The third kappa shape index (κ3) is 3.18. The molecular weight excluding hydrogens is 210 g/mol. The maximum atomic E-state index is 9.74. The summed E-state index contributed by atoms with van der Waals surface area (Å²) in [4.78, 5) is 4.14. The zero-order valence-electron chi connectivity index (χ0n) is 8.30. The number of aromatic nitrogens is 1. The lowest BCUT2D eigenvalue weighted by Gasteiger charge is -2.06. The van der Waals surface area contributed by atoms with Crippen molar-refractivity contribution in [1.82, 2.24) is 4.98 Å². The largest absolute Gasteiger partial charge is 0.469 e. The Morgan fingerprint density at radius 1 is 1.53 bits per heavy atom. The maximum absolute atomic E-state index is 9.74. The van der Waals surface area contributed by atoms with Gasteiger partial charge < -0.3 is 9.52 Å². The smallest absolute Gasteiger partial charge is 0.103 e. The highest BCUT2D eigenvalue weighted by Gasteiger charge is 2.08. The summed E-state index contributed by atoms with van der Waals surface area (Å²) >= 11 is 1.58. The zero-order valence-corrected chi connectivity index (χ0v) is 9.11. The molecule has 1 atom stereocenters. The average Bonchev–Trinajstić information content (AvgIpc) is 2.86. The summed E-state index contributed by atoms with van der Waals surface area (Å²) in [5.41, 5.74) is 0. The molecule has 0 aliphatic carbocycles. The van der Waals surface area contributed by atoms with Crippen molar-refractivity contribution in [3.63, 3.8) is 0 Å². The van der Waals surface area contributed by atoms with Crippen molar-refractivity contribution in [1.29, 1.82) is 0 Å². The van der Waals surface area contributed by atoms with Crippen LogP contribution in [0, 0.1) is 0 Å². The highest BCUT2D eigenvalue weighted by Crippen LogP contribution is 2.11. The van der Waals surface area contributed by atoms with Crippen LogP contribution in [-0.4, -0.2) is 16.2 Å². The Hall–Kier alpha value is -1.13. The van der Waals surface area contributed by atoms with Crippen LogP contribution in [0.25, 0.3) is 0 Å². The number of aliphatic hydroxyl groups is 1. The minimum Gasteiger partial charge on any atom is -0.469 e. The van der Waals surface area contributed by atoms with E-state index in [1.807, 2.05) is 17.5 Å². The van der Waals surface area contributed by atoms with Gasteiger partial charge in [0.1, 0.15) is 5.76 Å². The molecule has 3 nitrogen and oxygen atoms in total. The number of aliphatic hydroxyl groups excluding tert-OH is 1. The van der Waals surface area contributed by atoms with Crippen LogP contribution in [0.3, 0.4) is 0 Å². The van der Waals surface area contributed by atoms with E-state index in [0.717, 1.165) is 17.2 Å². The van der Waals surface area contributed by atoms with E-state index in [2.05, 4.69) is 4.98 Å². The molecule has 0 aliphatic rings. The first kappa shape index (κ1) is 10.4. The van der Waals surface area contributed by atoms with E-state index in [4.69, 9.17) is 4.42 Å². The molecule has 1 N–H and O–H groups in total. The van der Waals surface area contributed by atoms with Gasteiger partial charge in [0.25, 0.3) is 0 Å². The van der Waals surface area contributed by atoms with Crippen molar-refractivity contribution in [2.75, 3.05) is 0 Å². The number of hydrogen-bond acceptors (Lipinski definition) is 4. The van der Waals surface area contributed by atoms with Gasteiger partial charge in [0, 0.05) is 24.4 Å². The van der Waals surface area contributed by atoms with Crippen LogP contribution in [0.5, 0.6) is 0 Å². The van der Waals surface area contributed by atoms with E-state index in [1.54, 1.807) is 23.8 Å². The normalized spacial score (nSPS) is 12.9. The van der Waals surface area contributed by atoms with Gasteiger partial charge in [-0.1, -0.05) is 0 Å². The Bertz CT molecular complexity index is 369. The first-order valence-corrected chi connectivity index (χ1v) is 5.81. The summed E-state index contributed by atoms with van der Waals surface area (Å²) in [6.45, 7) is 0. The second-order valence-corrected chi connectivity index (χ2v) is 4.38. The Balaban J connectivity index is 1.76. The predicted octanol–water partition coefficient (Wildman–Crippen LogP) is 2.27. The molecule has 0 fully saturated rings. The monoisotopic (exact) mass is 223 g/mol. The van der Waals surface area contributed by atoms with Crippen LogP contribution in [0.1, 0.15) is 17.2 Å².